The van der Waals surface area contributed by atoms with Crippen LogP contribution in [0.3, 0.4) is 0 Å². The maximum Gasteiger partial charge on any atom is 0.316 e. The molecule has 3 aromatic heterocycles. The second kappa shape index (κ2) is 7.43. The summed E-state index contributed by atoms with van der Waals surface area (Å²) in [6.07, 6.45) is 6.70. The van der Waals surface area contributed by atoms with Gasteiger partial charge >= 0.3 is 6.01 Å². The maximum atomic E-state index is 14.0. The Labute approximate surface area is 195 Å². The van der Waals surface area contributed by atoms with Crippen LogP contribution in [0.1, 0.15) is 29.9 Å². The van der Waals surface area contributed by atoms with Crippen molar-refractivity contribution in [3.05, 3.63) is 70.3 Å². The van der Waals surface area contributed by atoms with Crippen molar-refractivity contribution in [1.29, 1.82) is 5.26 Å². The average molecular weight is 451 g/mol. The van der Waals surface area contributed by atoms with Gasteiger partial charge in [0.15, 0.2) is 0 Å². The number of nitrogens with one attached hydrogen (secondary N) is 1. The van der Waals surface area contributed by atoms with E-state index in [9.17, 15) is 10.1 Å². The van der Waals surface area contributed by atoms with Gasteiger partial charge in [-0.15, -0.1) is 0 Å². The van der Waals surface area contributed by atoms with Crippen molar-refractivity contribution >= 4 is 10.9 Å². The Kier molecular flexibility index (Phi) is 4.47. The second-order valence-corrected chi connectivity index (χ2v) is 8.96. The lowest BCUT2D eigenvalue weighted by molar-refractivity contribution is 0.211. The highest BCUT2D eigenvalue weighted by molar-refractivity contribution is 5.94. The zero-order valence-corrected chi connectivity index (χ0v) is 18.7. The standard InChI is InChI=1S/C25H21N7O2/c1-14-3-4-17(11-27-14)19-5-15(9-26)6-20-21(19)31-23(25-7-16(8-25)10-30-25)32(22(20)33)18-12-28-24(34-2)29-13-18/h3-6,11-13,16,30H,7-8,10H2,1-2H3. The van der Waals surface area contributed by atoms with Crippen LogP contribution < -0.4 is 15.6 Å². The maximum absolute atomic E-state index is 14.0. The summed E-state index contributed by atoms with van der Waals surface area (Å²) in [6, 6.07) is 9.61. The number of hydrogen-bond acceptors (Lipinski definition) is 8. The minimum Gasteiger partial charge on any atom is -0.467 e. The number of nitrogens with zero attached hydrogens (tertiary/aromatic N) is 6. The molecule has 1 N–H and O–H groups in total. The zero-order valence-electron chi connectivity index (χ0n) is 18.7. The number of methoxy groups -OCH3 is 1. The molecule has 4 aromatic rings. The van der Waals surface area contributed by atoms with Crippen LogP contribution in [-0.4, -0.2) is 38.2 Å². The molecule has 1 aromatic carbocycles. The van der Waals surface area contributed by atoms with Gasteiger partial charge in [0, 0.05) is 23.0 Å². The Balaban J connectivity index is 1.68. The first kappa shape index (κ1) is 20.4. The molecule has 0 radical (unpaired) electrons. The number of ether oxygens (including phenoxy) is 1. The van der Waals surface area contributed by atoms with E-state index >= 15 is 0 Å². The number of hydrogen-bond donors (Lipinski definition) is 1. The molecule has 3 aliphatic rings. The van der Waals surface area contributed by atoms with Crippen LogP contribution in [0.2, 0.25) is 0 Å². The monoisotopic (exact) mass is 451 g/mol. The first-order valence-corrected chi connectivity index (χ1v) is 11.1. The second-order valence-electron chi connectivity index (χ2n) is 8.96. The average Bonchev–Trinajstić information content (AvgIpc) is 3.47. The summed E-state index contributed by atoms with van der Waals surface area (Å²) in [4.78, 5) is 31.9. The third-order valence-electron chi connectivity index (χ3n) is 6.81. The molecule has 0 spiro atoms. The minimum absolute atomic E-state index is 0.217. The van der Waals surface area contributed by atoms with Gasteiger partial charge in [0.2, 0.25) is 0 Å². The van der Waals surface area contributed by atoms with Gasteiger partial charge < -0.3 is 10.1 Å². The molecule has 1 saturated carbocycles. The molecule has 2 bridgehead atoms. The van der Waals surface area contributed by atoms with Crippen molar-refractivity contribution in [3.63, 3.8) is 0 Å². The van der Waals surface area contributed by atoms with Gasteiger partial charge in [-0.2, -0.15) is 5.26 Å². The molecule has 0 amide bonds. The van der Waals surface area contributed by atoms with E-state index in [2.05, 4.69) is 26.3 Å². The fourth-order valence-corrected chi connectivity index (χ4v) is 5.11. The molecular weight excluding hydrogens is 430 g/mol. The molecule has 3 fully saturated rings. The van der Waals surface area contributed by atoms with E-state index in [4.69, 9.17) is 9.72 Å². The largest absolute Gasteiger partial charge is 0.467 e. The number of pyridine rings is 1. The summed E-state index contributed by atoms with van der Waals surface area (Å²) in [6.45, 7) is 2.81. The van der Waals surface area contributed by atoms with Gasteiger partial charge in [-0.1, -0.05) is 6.07 Å². The van der Waals surface area contributed by atoms with Crippen LogP contribution in [0.5, 0.6) is 6.01 Å². The third kappa shape index (κ3) is 2.99. The van der Waals surface area contributed by atoms with Crippen LogP contribution in [-0.2, 0) is 5.54 Å². The number of nitriles is 1. The number of aryl methyl sites for hydroxylation is 1. The van der Waals surface area contributed by atoms with E-state index in [0.717, 1.165) is 30.6 Å². The first-order chi connectivity index (χ1) is 16.5. The van der Waals surface area contributed by atoms with Gasteiger partial charge in [-0.25, -0.2) is 15.0 Å². The molecule has 7 rings (SSSR count). The van der Waals surface area contributed by atoms with Gasteiger partial charge in [0.1, 0.15) is 5.82 Å². The van der Waals surface area contributed by atoms with Crippen molar-refractivity contribution < 1.29 is 4.74 Å². The fourth-order valence-electron chi connectivity index (χ4n) is 5.11. The Morgan fingerprint density at radius 2 is 1.97 bits per heavy atom. The summed E-state index contributed by atoms with van der Waals surface area (Å²) in [5, 5.41) is 13.6. The minimum atomic E-state index is -0.380. The highest BCUT2D eigenvalue weighted by atomic mass is 16.5. The van der Waals surface area contributed by atoms with Crippen molar-refractivity contribution in [1.82, 2.24) is 29.8 Å². The molecule has 2 aliphatic heterocycles. The van der Waals surface area contributed by atoms with E-state index in [1.165, 1.54) is 7.11 Å². The highest BCUT2D eigenvalue weighted by Crippen LogP contribution is 2.50. The van der Waals surface area contributed by atoms with Crippen LogP contribution >= 0.6 is 0 Å². The normalized spacial score (nSPS) is 20.7. The smallest absolute Gasteiger partial charge is 0.316 e. The van der Waals surface area contributed by atoms with Crippen LogP contribution in [0.4, 0.5) is 0 Å². The van der Waals surface area contributed by atoms with Crippen LogP contribution in [0.25, 0.3) is 27.7 Å². The van der Waals surface area contributed by atoms with E-state index in [1.54, 1.807) is 35.3 Å². The van der Waals surface area contributed by atoms with Gasteiger partial charge in [0.05, 0.1) is 53.3 Å². The molecule has 34 heavy (non-hydrogen) atoms. The van der Waals surface area contributed by atoms with E-state index in [1.807, 2.05) is 19.1 Å². The molecule has 9 heteroatoms. The van der Waals surface area contributed by atoms with Gasteiger partial charge in [-0.05, 0) is 50.4 Å². The number of aromatic nitrogens is 5. The van der Waals surface area contributed by atoms with Crippen LogP contribution in [0, 0.1) is 24.2 Å². The molecule has 2 saturated heterocycles. The number of rotatable bonds is 4. The van der Waals surface area contributed by atoms with Crippen molar-refractivity contribution in [3.8, 4) is 28.9 Å². The molecule has 0 atom stereocenters. The first-order valence-electron chi connectivity index (χ1n) is 11.1. The topological polar surface area (TPSA) is 119 Å². The molecule has 5 heterocycles. The van der Waals surface area contributed by atoms with E-state index in [0.29, 0.717) is 39.5 Å². The lowest BCUT2D eigenvalue weighted by Crippen LogP contribution is -2.45. The van der Waals surface area contributed by atoms with E-state index in [-0.39, 0.29) is 17.1 Å². The predicted molar refractivity (Wildman–Crippen MR) is 125 cm³/mol. The summed E-state index contributed by atoms with van der Waals surface area (Å²) in [7, 11) is 1.49. The molecular formula is C25H21N7O2. The predicted octanol–water partition coefficient (Wildman–Crippen LogP) is 2.63. The highest BCUT2D eigenvalue weighted by Gasteiger charge is 2.54. The SMILES string of the molecule is COc1ncc(-n2c(C34CC(CN3)C4)nc3c(-c4ccc(C)nc4)cc(C#N)cc3c2=O)cn1. The van der Waals surface area contributed by atoms with Gasteiger partial charge in [-0.3, -0.25) is 14.3 Å². The summed E-state index contributed by atoms with van der Waals surface area (Å²) < 4.78 is 6.67. The molecule has 1 aliphatic carbocycles. The quantitative estimate of drug-likeness (QED) is 0.503. The van der Waals surface area contributed by atoms with E-state index < -0.39 is 0 Å². The Bertz CT molecular complexity index is 1520. The lowest BCUT2D eigenvalue weighted by Gasteiger charge is -2.38. The summed E-state index contributed by atoms with van der Waals surface area (Å²) in [5.41, 5.74) is 3.20. The molecule has 0 unspecified atom stereocenters. The molecule has 168 valence electrons. The summed E-state index contributed by atoms with van der Waals surface area (Å²) in [5.74, 6) is 1.22. The van der Waals surface area contributed by atoms with Crippen molar-refractivity contribution in [2.45, 2.75) is 25.3 Å². The van der Waals surface area contributed by atoms with Crippen LogP contribution in [0.15, 0.2) is 47.7 Å². The Hall–Kier alpha value is -4.16. The molecule has 9 nitrogen and oxygen atoms in total. The Morgan fingerprint density at radius 3 is 2.59 bits per heavy atom. The number of fused-ring (bicyclic) bond motifs is 2. The van der Waals surface area contributed by atoms with Crippen molar-refractivity contribution in [2.75, 3.05) is 13.7 Å². The third-order valence-corrected chi connectivity index (χ3v) is 6.81. The number of benzene rings is 1. The summed E-state index contributed by atoms with van der Waals surface area (Å²) >= 11 is 0. The van der Waals surface area contributed by atoms with Crippen molar-refractivity contribution in [2.24, 2.45) is 5.92 Å². The fraction of sp³-hybridized carbons (Fsp3) is 0.280. The van der Waals surface area contributed by atoms with Gasteiger partial charge in [0.25, 0.3) is 5.56 Å². The lowest BCUT2D eigenvalue weighted by atomic mass is 9.73. The Morgan fingerprint density at radius 1 is 1.18 bits per heavy atom. The zero-order chi connectivity index (χ0) is 23.4.